The molecule has 1 unspecified atom stereocenters. The summed E-state index contributed by atoms with van der Waals surface area (Å²) in [5.41, 5.74) is 1.59. The topological polar surface area (TPSA) is 39.7 Å². The van der Waals surface area contributed by atoms with Crippen LogP contribution in [-0.4, -0.2) is 44.1 Å². The molecule has 0 aliphatic carbocycles. The summed E-state index contributed by atoms with van der Waals surface area (Å²) < 4.78 is 13.5. The molecule has 1 aromatic rings. The lowest BCUT2D eigenvalue weighted by Crippen LogP contribution is -2.39. The van der Waals surface area contributed by atoms with Crippen molar-refractivity contribution in [3.63, 3.8) is 0 Å². The molecule has 122 valence electrons. The predicted molar refractivity (Wildman–Crippen MR) is 89.6 cm³/mol. The average Bonchev–Trinajstić information content (AvgIpc) is 2.99. The van der Waals surface area contributed by atoms with Crippen LogP contribution in [0.2, 0.25) is 0 Å². The van der Waals surface area contributed by atoms with Crippen LogP contribution < -0.4 is 10.6 Å². The molecule has 2 N–H and O–H groups in total. The summed E-state index contributed by atoms with van der Waals surface area (Å²) in [5, 5.41) is 6.61. The van der Waals surface area contributed by atoms with Crippen LogP contribution in [0.3, 0.4) is 0 Å². The van der Waals surface area contributed by atoms with Crippen LogP contribution in [0.4, 0.5) is 4.39 Å². The summed E-state index contributed by atoms with van der Waals surface area (Å²) in [5.74, 6) is 1.29. The second-order valence-corrected chi connectivity index (χ2v) is 5.94. The Balaban J connectivity index is 1.76. The number of likely N-dealkylation sites (tertiary alicyclic amines) is 1. The van der Waals surface area contributed by atoms with Crippen molar-refractivity contribution in [1.82, 2.24) is 15.5 Å². The molecular formula is C17H27FN4. The standard InChI is InChI=1S/C17H27FN4/c1-4-22-8-7-15(12-22)11-21-17(19-3)20-10-14-6-5-13(2)16(18)9-14/h5-6,9,15H,4,7-8,10-12H2,1-3H3,(H2,19,20,21). The fourth-order valence-corrected chi connectivity index (χ4v) is 2.76. The SMILES string of the molecule is CCN1CCC(CNC(=NC)NCc2ccc(C)c(F)c2)C1. The van der Waals surface area contributed by atoms with Crippen molar-refractivity contribution in [2.45, 2.75) is 26.8 Å². The number of guanidine groups is 1. The number of nitrogens with zero attached hydrogens (tertiary/aromatic N) is 2. The smallest absolute Gasteiger partial charge is 0.191 e. The van der Waals surface area contributed by atoms with Crippen LogP contribution in [-0.2, 0) is 6.54 Å². The van der Waals surface area contributed by atoms with Gasteiger partial charge in [0.1, 0.15) is 5.82 Å². The summed E-state index contributed by atoms with van der Waals surface area (Å²) in [6, 6.07) is 5.32. The summed E-state index contributed by atoms with van der Waals surface area (Å²) in [7, 11) is 1.76. The Kier molecular flexibility index (Phi) is 6.19. The van der Waals surface area contributed by atoms with Crippen molar-refractivity contribution in [3.05, 3.63) is 35.1 Å². The minimum atomic E-state index is -0.159. The van der Waals surface area contributed by atoms with Crippen LogP contribution in [0, 0.1) is 18.7 Å². The predicted octanol–water partition coefficient (Wildman–Crippen LogP) is 2.14. The zero-order valence-corrected chi connectivity index (χ0v) is 13.8. The highest BCUT2D eigenvalue weighted by atomic mass is 19.1. The highest BCUT2D eigenvalue weighted by Gasteiger charge is 2.20. The Hall–Kier alpha value is -1.62. The average molecular weight is 306 g/mol. The first-order valence-corrected chi connectivity index (χ1v) is 8.04. The third kappa shape index (κ3) is 4.70. The molecule has 0 aromatic heterocycles. The molecule has 5 heteroatoms. The number of benzene rings is 1. The van der Waals surface area contributed by atoms with Crippen molar-refractivity contribution in [2.75, 3.05) is 33.2 Å². The molecule has 4 nitrogen and oxygen atoms in total. The molecule has 1 fully saturated rings. The van der Waals surface area contributed by atoms with Gasteiger partial charge in [0.05, 0.1) is 0 Å². The summed E-state index contributed by atoms with van der Waals surface area (Å²) >= 11 is 0. The van der Waals surface area contributed by atoms with E-state index in [-0.39, 0.29) is 5.82 Å². The molecule has 1 heterocycles. The summed E-state index contributed by atoms with van der Waals surface area (Å²) in [4.78, 5) is 6.70. The zero-order valence-electron chi connectivity index (χ0n) is 13.8. The van der Waals surface area contributed by atoms with E-state index in [4.69, 9.17) is 0 Å². The Morgan fingerprint density at radius 2 is 2.23 bits per heavy atom. The minimum absolute atomic E-state index is 0.159. The van der Waals surface area contributed by atoms with Crippen molar-refractivity contribution in [1.29, 1.82) is 0 Å². The molecule has 0 spiro atoms. The second-order valence-electron chi connectivity index (χ2n) is 5.94. The van der Waals surface area contributed by atoms with Gasteiger partial charge in [-0.15, -0.1) is 0 Å². The van der Waals surface area contributed by atoms with Crippen LogP contribution >= 0.6 is 0 Å². The number of halogens is 1. The molecule has 2 rings (SSSR count). The molecule has 0 radical (unpaired) electrons. The van der Waals surface area contributed by atoms with Gasteiger partial charge in [-0.05, 0) is 49.5 Å². The maximum atomic E-state index is 13.5. The van der Waals surface area contributed by atoms with Gasteiger partial charge >= 0.3 is 0 Å². The molecule has 1 aliphatic heterocycles. The van der Waals surface area contributed by atoms with Gasteiger partial charge in [-0.2, -0.15) is 0 Å². The lowest BCUT2D eigenvalue weighted by atomic mass is 10.1. The molecule has 1 aromatic carbocycles. The Bertz CT molecular complexity index is 515. The fourth-order valence-electron chi connectivity index (χ4n) is 2.76. The van der Waals surface area contributed by atoms with Gasteiger partial charge in [0, 0.05) is 26.7 Å². The summed E-state index contributed by atoms with van der Waals surface area (Å²) in [6.45, 7) is 8.95. The maximum Gasteiger partial charge on any atom is 0.191 e. The monoisotopic (exact) mass is 306 g/mol. The normalized spacial score (nSPS) is 19.5. The Labute approximate surface area is 132 Å². The maximum absolute atomic E-state index is 13.5. The van der Waals surface area contributed by atoms with E-state index in [9.17, 15) is 4.39 Å². The first kappa shape index (κ1) is 16.7. The van der Waals surface area contributed by atoms with Crippen LogP contribution in [0.1, 0.15) is 24.5 Å². The molecule has 1 aliphatic rings. The largest absolute Gasteiger partial charge is 0.356 e. The third-order valence-electron chi connectivity index (χ3n) is 4.30. The van der Waals surface area contributed by atoms with Gasteiger partial charge in [-0.25, -0.2) is 4.39 Å². The molecule has 0 saturated carbocycles. The van der Waals surface area contributed by atoms with Gasteiger partial charge in [-0.3, -0.25) is 4.99 Å². The van der Waals surface area contributed by atoms with E-state index in [1.165, 1.54) is 13.0 Å². The van der Waals surface area contributed by atoms with E-state index in [1.807, 2.05) is 6.07 Å². The Morgan fingerprint density at radius 3 is 2.86 bits per heavy atom. The lowest BCUT2D eigenvalue weighted by molar-refractivity contribution is 0.342. The number of hydrogen-bond acceptors (Lipinski definition) is 2. The van der Waals surface area contributed by atoms with E-state index >= 15 is 0 Å². The van der Waals surface area contributed by atoms with E-state index in [1.54, 1.807) is 26.1 Å². The van der Waals surface area contributed by atoms with E-state index in [0.717, 1.165) is 31.2 Å². The number of aryl methyl sites for hydroxylation is 1. The van der Waals surface area contributed by atoms with Gasteiger partial charge in [-0.1, -0.05) is 19.1 Å². The first-order chi connectivity index (χ1) is 10.6. The zero-order chi connectivity index (χ0) is 15.9. The quantitative estimate of drug-likeness (QED) is 0.647. The van der Waals surface area contributed by atoms with Crippen molar-refractivity contribution >= 4 is 5.96 Å². The van der Waals surface area contributed by atoms with Gasteiger partial charge < -0.3 is 15.5 Å². The van der Waals surface area contributed by atoms with Gasteiger partial charge in [0.2, 0.25) is 0 Å². The second kappa shape index (κ2) is 8.13. The van der Waals surface area contributed by atoms with Crippen molar-refractivity contribution in [3.8, 4) is 0 Å². The number of rotatable bonds is 5. The number of aliphatic imine (C=N–C) groups is 1. The molecule has 0 amide bonds. The van der Waals surface area contributed by atoms with Crippen LogP contribution in [0.15, 0.2) is 23.2 Å². The third-order valence-corrected chi connectivity index (χ3v) is 4.30. The van der Waals surface area contributed by atoms with E-state index < -0.39 is 0 Å². The first-order valence-electron chi connectivity index (χ1n) is 8.04. The summed E-state index contributed by atoms with van der Waals surface area (Å²) in [6.07, 6.45) is 1.24. The van der Waals surface area contributed by atoms with Gasteiger partial charge in [0.25, 0.3) is 0 Å². The molecule has 1 saturated heterocycles. The highest BCUT2D eigenvalue weighted by molar-refractivity contribution is 5.79. The van der Waals surface area contributed by atoms with Crippen LogP contribution in [0.25, 0.3) is 0 Å². The minimum Gasteiger partial charge on any atom is -0.356 e. The highest BCUT2D eigenvalue weighted by Crippen LogP contribution is 2.14. The lowest BCUT2D eigenvalue weighted by Gasteiger charge is -2.16. The van der Waals surface area contributed by atoms with Crippen molar-refractivity contribution in [2.24, 2.45) is 10.9 Å². The van der Waals surface area contributed by atoms with Crippen molar-refractivity contribution < 1.29 is 4.39 Å². The Morgan fingerprint density at radius 1 is 1.41 bits per heavy atom. The fraction of sp³-hybridized carbons (Fsp3) is 0.588. The molecule has 1 atom stereocenters. The molecular weight excluding hydrogens is 279 g/mol. The molecule has 0 bridgehead atoms. The van der Waals surface area contributed by atoms with Crippen LogP contribution in [0.5, 0.6) is 0 Å². The van der Waals surface area contributed by atoms with E-state index in [0.29, 0.717) is 18.0 Å². The number of hydrogen-bond donors (Lipinski definition) is 2. The molecule has 22 heavy (non-hydrogen) atoms. The number of nitrogens with one attached hydrogen (secondary N) is 2. The van der Waals surface area contributed by atoms with Gasteiger partial charge in [0.15, 0.2) is 5.96 Å². The van der Waals surface area contributed by atoms with E-state index in [2.05, 4.69) is 27.4 Å².